The molecule has 0 aliphatic carbocycles. The summed E-state index contributed by atoms with van der Waals surface area (Å²) < 4.78 is 0. The number of H-pyrrole nitrogens is 1. The molecular weight excluding hydrogens is 198 g/mol. The Kier molecular flexibility index (Phi) is 5.63. The van der Waals surface area contributed by atoms with Crippen molar-refractivity contribution < 1.29 is 5.11 Å². The van der Waals surface area contributed by atoms with E-state index >= 15 is 0 Å². The van der Waals surface area contributed by atoms with Gasteiger partial charge in [0.2, 0.25) is 5.16 Å². The Labute approximate surface area is 88.5 Å². The number of hydrogen-bond donors (Lipinski definition) is 2. The molecule has 0 atom stereocenters. The van der Waals surface area contributed by atoms with Gasteiger partial charge in [0.15, 0.2) is 0 Å². The SMILES string of the molecule is CCc1nc(SCCCCCO)n[nH]1. The Hall–Kier alpha value is -0.550. The lowest BCUT2D eigenvalue weighted by Crippen LogP contribution is -1.86. The molecule has 2 N–H and O–H groups in total. The van der Waals surface area contributed by atoms with Gasteiger partial charge in [0, 0.05) is 18.8 Å². The fourth-order valence-corrected chi connectivity index (χ4v) is 1.87. The maximum absolute atomic E-state index is 8.58. The summed E-state index contributed by atoms with van der Waals surface area (Å²) in [7, 11) is 0. The Morgan fingerprint density at radius 3 is 2.86 bits per heavy atom. The predicted molar refractivity (Wildman–Crippen MR) is 57.4 cm³/mol. The van der Waals surface area contributed by atoms with Crippen LogP contribution in [0, 0.1) is 0 Å². The fraction of sp³-hybridized carbons (Fsp3) is 0.778. The first-order valence-corrected chi connectivity index (χ1v) is 6.00. The van der Waals surface area contributed by atoms with E-state index < -0.39 is 0 Å². The Bertz CT molecular complexity index is 252. The molecular formula is C9H17N3OS. The summed E-state index contributed by atoms with van der Waals surface area (Å²) in [6, 6.07) is 0. The standard InChI is InChI=1S/C9H17N3OS/c1-2-8-10-9(12-11-8)14-7-5-3-4-6-13/h13H,2-7H2,1H3,(H,10,11,12). The van der Waals surface area contributed by atoms with Crippen LogP contribution < -0.4 is 0 Å². The summed E-state index contributed by atoms with van der Waals surface area (Å²) in [5, 5.41) is 16.4. The van der Waals surface area contributed by atoms with Crippen LogP contribution in [-0.4, -0.2) is 32.6 Å². The summed E-state index contributed by atoms with van der Waals surface area (Å²) in [6.45, 7) is 2.35. The van der Waals surface area contributed by atoms with Crippen LogP contribution in [0.4, 0.5) is 0 Å². The van der Waals surface area contributed by atoms with Crippen molar-refractivity contribution in [2.24, 2.45) is 0 Å². The number of aliphatic hydroxyl groups excluding tert-OH is 1. The van der Waals surface area contributed by atoms with Gasteiger partial charge in [-0.2, -0.15) is 0 Å². The zero-order valence-electron chi connectivity index (χ0n) is 8.49. The molecule has 80 valence electrons. The van der Waals surface area contributed by atoms with E-state index in [1.54, 1.807) is 11.8 Å². The highest BCUT2D eigenvalue weighted by Crippen LogP contribution is 2.14. The van der Waals surface area contributed by atoms with Crippen molar-refractivity contribution >= 4 is 11.8 Å². The zero-order valence-corrected chi connectivity index (χ0v) is 9.31. The van der Waals surface area contributed by atoms with E-state index in [9.17, 15) is 0 Å². The largest absolute Gasteiger partial charge is 0.396 e. The molecule has 5 heteroatoms. The van der Waals surface area contributed by atoms with E-state index in [4.69, 9.17) is 5.11 Å². The minimum Gasteiger partial charge on any atom is -0.396 e. The number of nitrogens with one attached hydrogen (secondary N) is 1. The highest BCUT2D eigenvalue weighted by molar-refractivity contribution is 7.99. The number of nitrogens with zero attached hydrogens (tertiary/aromatic N) is 2. The van der Waals surface area contributed by atoms with Crippen molar-refractivity contribution in [1.29, 1.82) is 0 Å². The Morgan fingerprint density at radius 1 is 1.36 bits per heavy atom. The van der Waals surface area contributed by atoms with E-state index in [2.05, 4.69) is 22.1 Å². The molecule has 0 fully saturated rings. The molecule has 0 saturated heterocycles. The van der Waals surface area contributed by atoms with Gasteiger partial charge in [0.05, 0.1) is 0 Å². The number of aliphatic hydroxyl groups is 1. The molecule has 1 aromatic heterocycles. The lowest BCUT2D eigenvalue weighted by atomic mass is 10.3. The van der Waals surface area contributed by atoms with Gasteiger partial charge in [-0.25, -0.2) is 4.98 Å². The average molecular weight is 215 g/mol. The molecule has 0 aliphatic heterocycles. The van der Waals surface area contributed by atoms with Crippen molar-refractivity contribution in [2.45, 2.75) is 37.8 Å². The number of thioether (sulfide) groups is 1. The highest BCUT2D eigenvalue weighted by Gasteiger charge is 2.01. The zero-order chi connectivity index (χ0) is 10.2. The molecule has 14 heavy (non-hydrogen) atoms. The van der Waals surface area contributed by atoms with Crippen LogP contribution in [0.15, 0.2) is 5.16 Å². The number of aromatic nitrogens is 3. The minimum absolute atomic E-state index is 0.297. The van der Waals surface area contributed by atoms with Crippen LogP contribution in [0.5, 0.6) is 0 Å². The van der Waals surface area contributed by atoms with Crippen LogP contribution in [0.25, 0.3) is 0 Å². The van der Waals surface area contributed by atoms with Gasteiger partial charge in [0.1, 0.15) is 5.82 Å². The third kappa shape index (κ3) is 4.11. The Balaban J connectivity index is 2.12. The first-order chi connectivity index (χ1) is 6.86. The Morgan fingerprint density at radius 2 is 2.21 bits per heavy atom. The molecule has 0 aromatic carbocycles. The minimum atomic E-state index is 0.297. The van der Waals surface area contributed by atoms with Gasteiger partial charge in [-0.1, -0.05) is 25.1 Å². The molecule has 0 radical (unpaired) electrons. The summed E-state index contributed by atoms with van der Waals surface area (Å²) in [6.07, 6.45) is 3.99. The van der Waals surface area contributed by atoms with Crippen molar-refractivity contribution in [2.75, 3.05) is 12.4 Å². The van der Waals surface area contributed by atoms with Crippen LogP contribution in [0.2, 0.25) is 0 Å². The van der Waals surface area contributed by atoms with Gasteiger partial charge in [-0.05, 0) is 12.8 Å². The highest BCUT2D eigenvalue weighted by atomic mass is 32.2. The molecule has 4 nitrogen and oxygen atoms in total. The monoisotopic (exact) mass is 215 g/mol. The average Bonchev–Trinajstić information content (AvgIpc) is 2.65. The maximum atomic E-state index is 8.58. The molecule has 1 aromatic rings. The van der Waals surface area contributed by atoms with E-state index in [0.717, 1.165) is 42.4 Å². The second kappa shape index (κ2) is 6.84. The molecule has 0 amide bonds. The first-order valence-electron chi connectivity index (χ1n) is 5.01. The topological polar surface area (TPSA) is 61.8 Å². The van der Waals surface area contributed by atoms with Gasteiger partial charge in [-0.15, -0.1) is 5.10 Å². The second-order valence-electron chi connectivity index (χ2n) is 3.05. The quantitative estimate of drug-likeness (QED) is 0.536. The molecule has 1 rings (SSSR count). The third-order valence-electron chi connectivity index (χ3n) is 1.88. The number of hydrogen-bond acceptors (Lipinski definition) is 4. The maximum Gasteiger partial charge on any atom is 0.208 e. The summed E-state index contributed by atoms with van der Waals surface area (Å²) in [5.74, 6) is 1.98. The fourth-order valence-electron chi connectivity index (χ4n) is 1.05. The molecule has 0 aliphatic rings. The molecule has 0 unspecified atom stereocenters. The van der Waals surface area contributed by atoms with Crippen LogP contribution in [-0.2, 0) is 6.42 Å². The predicted octanol–water partition coefficient (Wildman–Crippen LogP) is 1.62. The number of unbranched alkanes of at least 4 members (excludes halogenated alkanes) is 2. The number of rotatable bonds is 7. The van der Waals surface area contributed by atoms with Crippen molar-refractivity contribution in [3.05, 3.63) is 5.82 Å². The lowest BCUT2D eigenvalue weighted by Gasteiger charge is -1.95. The van der Waals surface area contributed by atoms with Crippen LogP contribution in [0.1, 0.15) is 32.0 Å². The lowest BCUT2D eigenvalue weighted by molar-refractivity contribution is 0.284. The first kappa shape index (κ1) is 11.5. The molecule has 0 spiro atoms. The van der Waals surface area contributed by atoms with Gasteiger partial charge >= 0.3 is 0 Å². The van der Waals surface area contributed by atoms with Gasteiger partial charge in [0.25, 0.3) is 0 Å². The van der Waals surface area contributed by atoms with E-state index in [1.807, 2.05) is 0 Å². The van der Waals surface area contributed by atoms with E-state index in [1.165, 1.54) is 0 Å². The summed E-state index contributed by atoms with van der Waals surface area (Å²) in [5.41, 5.74) is 0. The van der Waals surface area contributed by atoms with Gasteiger partial charge in [-0.3, -0.25) is 5.10 Å². The second-order valence-corrected chi connectivity index (χ2v) is 4.11. The molecule has 1 heterocycles. The third-order valence-corrected chi connectivity index (χ3v) is 2.81. The summed E-state index contributed by atoms with van der Waals surface area (Å²) in [4.78, 5) is 4.29. The van der Waals surface area contributed by atoms with Crippen LogP contribution in [0.3, 0.4) is 0 Å². The number of aromatic amines is 1. The molecule has 0 saturated carbocycles. The smallest absolute Gasteiger partial charge is 0.208 e. The van der Waals surface area contributed by atoms with Crippen molar-refractivity contribution in [1.82, 2.24) is 15.2 Å². The van der Waals surface area contributed by atoms with E-state index in [0.29, 0.717) is 6.61 Å². The van der Waals surface area contributed by atoms with Crippen molar-refractivity contribution in [3.8, 4) is 0 Å². The van der Waals surface area contributed by atoms with Gasteiger partial charge < -0.3 is 5.11 Å². The molecule has 0 bridgehead atoms. The normalized spacial score (nSPS) is 10.7. The summed E-state index contributed by atoms with van der Waals surface area (Å²) >= 11 is 1.67. The van der Waals surface area contributed by atoms with E-state index in [-0.39, 0.29) is 0 Å². The van der Waals surface area contributed by atoms with Crippen LogP contribution >= 0.6 is 11.8 Å². The number of aryl methyl sites for hydroxylation is 1. The van der Waals surface area contributed by atoms with Crippen molar-refractivity contribution in [3.63, 3.8) is 0 Å².